The number of aliphatic carboxylic acids is 2. The maximum absolute atomic E-state index is 11.4. The second kappa shape index (κ2) is 7.29. The van der Waals surface area contributed by atoms with Gasteiger partial charge in [-0.2, -0.15) is 0 Å². The van der Waals surface area contributed by atoms with Gasteiger partial charge in [-0.15, -0.1) is 0 Å². The summed E-state index contributed by atoms with van der Waals surface area (Å²) in [6.07, 6.45) is -0.0653. The summed E-state index contributed by atoms with van der Waals surface area (Å²) >= 11 is 0. The average Bonchev–Trinajstić information content (AvgIpc) is 2.41. The normalized spacial score (nSPS) is 14.2. The minimum Gasteiger partial charge on any atom is -0.481 e. The molecule has 0 aliphatic carbocycles. The van der Waals surface area contributed by atoms with Gasteiger partial charge in [0.1, 0.15) is 5.75 Å². The van der Waals surface area contributed by atoms with E-state index >= 15 is 0 Å². The van der Waals surface area contributed by atoms with E-state index in [2.05, 4.69) is 0 Å². The van der Waals surface area contributed by atoms with Gasteiger partial charge in [0.05, 0.1) is 5.92 Å². The third-order valence-corrected chi connectivity index (χ3v) is 3.63. The maximum atomic E-state index is 11.4. The minimum absolute atomic E-state index is 0.336. The molecule has 0 fully saturated rings. The molecule has 22 heavy (non-hydrogen) atoms. The van der Waals surface area contributed by atoms with Gasteiger partial charge in [-0.3, -0.25) is 4.79 Å². The number of carboxylic acid groups (broad SMARTS) is 2. The highest BCUT2D eigenvalue weighted by Crippen LogP contribution is 2.30. The van der Waals surface area contributed by atoms with E-state index in [-0.39, 0.29) is 5.41 Å². The molecule has 0 amide bonds. The summed E-state index contributed by atoms with van der Waals surface area (Å²) in [6, 6.07) is 6.93. The smallest absolute Gasteiger partial charge is 0.344 e. The van der Waals surface area contributed by atoms with Crippen molar-refractivity contribution in [2.24, 2.45) is 11.3 Å². The standard InChI is InChI=1S/C17H24O5/c1-5-14(16(20)21)22-12-8-6-11(7-9-12)10-13(15(18)19)17(2,3)4/h6-9,13-14H,5,10H2,1-4H3,(H,18,19)(H,20,21). The number of carbonyl (C=O) groups is 2. The quantitative estimate of drug-likeness (QED) is 0.808. The molecule has 0 spiro atoms. The number of ether oxygens (including phenoxy) is 1. The van der Waals surface area contributed by atoms with Crippen LogP contribution in [-0.4, -0.2) is 28.3 Å². The molecule has 0 aromatic heterocycles. The third kappa shape index (κ3) is 5.06. The lowest BCUT2D eigenvalue weighted by atomic mass is 9.77. The molecule has 122 valence electrons. The molecular formula is C17H24O5. The Kier molecular flexibility index (Phi) is 5.97. The van der Waals surface area contributed by atoms with Crippen LogP contribution in [-0.2, 0) is 16.0 Å². The van der Waals surface area contributed by atoms with Gasteiger partial charge >= 0.3 is 11.9 Å². The van der Waals surface area contributed by atoms with Gasteiger partial charge < -0.3 is 14.9 Å². The molecule has 0 aliphatic rings. The van der Waals surface area contributed by atoms with E-state index in [0.717, 1.165) is 5.56 Å². The molecule has 0 heterocycles. The minimum atomic E-state index is -0.995. The van der Waals surface area contributed by atoms with E-state index in [0.29, 0.717) is 18.6 Å². The van der Waals surface area contributed by atoms with E-state index in [4.69, 9.17) is 9.84 Å². The van der Waals surface area contributed by atoms with E-state index in [9.17, 15) is 14.7 Å². The van der Waals surface area contributed by atoms with Crippen molar-refractivity contribution in [2.75, 3.05) is 0 Å². The zero-order valence-corrected chi connectivity index (χ0v) is 13.5. The molecule has 1 rings (SSSR count). The molecule has 1 aromatic carbocycles. The molecule has 2 atom stereocenters. The van der Waals surface area contributed by atoms with E-state index in [1.165, 1.54) is 0 Å². The molecule has 2 unspecified atom stereocenters. The Bertz CT molecular complexity index is 513. The Balaban J connectivity index is 2.80. The summed E-state index contributed by atoms with van der Waals surface area (Å²) in [5.74, 6) is -1.82. The number of hydrogen-bond acceptors (Lipinski definition) is 3. The lowest BCUT2D eigenvalue weighted by Crippen LogP contribution is -2.30. The molecular weight excluding hydrogens is 284 g/mol. The second-order valence-corrected chi connectivity index (χ2v) is 6.46. The predicted octanol–water partition coefficient (Wildman–Crippen LogP) is 3.22. The first-order chi connectivity index (χ1) is 10.1. The summed E-state index contributed by atoms with van der Waals surface area (Å²) in [7, 11) is 0. The van der Waals surface area contributed by atoms with Gasteiger partial charge in [0.15, 0.2) is 6.10 Å². The molecule has 0 aliphatic heterocycles. The highest BCUT2D eigenvalue weighted by molar-refractivity contribution is 5.72. The molecule has 0 radical (unpaired) electrons. The molecule has 0 saturated carbocycles. The average molecular weight is 308 g/mol. The highest BCUT2D eigenvalue weighted by Gasteiger charge is 2.31. The first-order valence-corrected chi connectivity index (χ1v) is 7.36. The van der Waals surface area contributed by atoms with Crippen molar-refractivity contribution in [3.05, 3.63) is 29.8 Å². The van der Waals surface area contributed by atoms with Crippen molar-refractivity contribution in [2.45, 2.75) is 46.6 Å². The first-order valence-electron chi connectivity index (χ1n) is 7.36. The molecule has 0 bridgehead atoms. The zero-order valence-electron chi connectivity index (χ0n) is 13.5. The van der Waals surface area contributed by atoms with Gasteiger partial charge in [-0.05, 0) is 36.0 Å². The van der Waals surface area contributed by atoms with Gasteiger partial charge in [0, 0.05) is 0 Å². The Labute approximate surface area is 130 Å². The summed E-state index contributed by atoms with van der Waals surface area (Å²) in [4.78, 5) is 22.3. The fraction of sp³-hybridized carbons (Fsp3) is 0.529. The molecule has 2 N–H and O–H groups in total. The largest absolute Gasteiger partial charge is 0.481 e. The van der Waals surface area contributed by atoms with Crippen molar-refractivity contribution in [3.63, 3.8) is 0 Å². The molecule has 1 aromatic rings. The van der Waals surface area contributed by atoms with Crippen molar-refractivity contribution in [3.8, 4) is 5.75 Å². The Hall–Kier alpha value is -2.04. The van der Waals surface area contributed by atoms with Gasteiger partial charge in [-0.25, -0.2) is 4.79 Å². The summed E-state index contributed by atoms with van der Waals surface area (Å²) < 4.78 is 5.38. The van der Waals surface area contributed by atoms with Crippen molar-refractivity contribution >= 4 is 11.9 Å². The Morgan fingerprint density at radius 2 is 1.64 bits per heavy atom. The van der Waals surface area contributed by atoms with Gasteiger partial charge in [-0.1, -0.05) is 39.8 Å². The lowest BCUT2D eigenvalue weighted by molar-refractivity contribution is -0.146. The SMILES string of the molecule is CCC(Oc1ccc(CC(C(=O)O)C(C)(C)C)cc1)C(=O)O. The topological polar surface area (TPSA) is 83.8 Å². The van der Waals surface area contributed by atoms with Crippen molar-refractivity contribution in [1.29, 1.82) is 0 Å². The summed E-state index contributed by atoms with van der Waals surface area (Å²) in [5, 5.41) is 18.3. The highest BCUT2D eigenvalue weighted by atomic mass is 16.5. The van der Waals surface area contributed by atoms with Crippen LogP contribution in [0.25, 0.3) is 0 Å². The lowest BCUT2D eigenvalue weighted by Gasteiger charge is -2.27. The molecule has 0 saturated heterocycles. The van der Waals surface area contributed by atoms with Gasteiger partial charge in [0.2, 0.25) is 0 Å². The van der Waals surface area contributed by atoms with E-state index in [1.807, 2.05) is 20.8 Å². The van der Waals surface area contributed by atoms with E-state index < -0.39 is 24.0 Å². The Morgan fingerprint density at radius 3 is 2.00 bits per heavy atom. The monoisotopic (exact) mass is 308 g/mol. The van der Waals surface area contributed by atoms with Crippen LogP contribution in [0.4, 0.5) is 0 Å². The van der Waals surface area contributed by atoms with Crippen LogP contribution in [0.1, 0.15) is 39.7 Å². The summed E-state index contributed by atoms with van der Waals surface area (Å²) in [5.41, 5.74) is 0.551. The molecule has 5 heteroatoms. The van der Waals surface area contributed by atoms with Crippen LogP contribution in [0.3, 0.4) is 0 Å². The number of carboxylic acids is 2. The van der Waals surface area contributed by atoms with Crippen LogP contribution in [0.5, 0.6) is 5.75 Å². The van der Waals surface area contributed by atoms with Crippen LogP contribution >= 0.6 is 0 Å². The fourth-order valence-corrected chi connectivity index (χ4v) is 2.18. The second-order valence-electron chi connectivity index (χ2n) is 6.46. The molecule has 5 nitrogen and oxygen atoms in total. The van der Waals surface area contributed by atoms with Gasteiger partial charge in [0.25, 0.3) is 0 Å². The zero-order chi connectivity index (χ0) is 16.9. The van der Waals surface area contributed by atoms with Crippen molar-refractivity contribution in [1.82, 2.24) is 0 Å². The van der Waals surface area contributed by atoms with Crippen LogP contribution in [0.15, 0.2) is 24.3 Å². The van der Waals surface area contributed by atoms with Crippen molar-refractivity contribution < 1.29 is 24.5 Å². The van der Waals surface area contributed by atoms with Crippen LogP contribution < -0.4 is 4.74 Å². The number of hydrogen-bond donors (Lipinski definition) is 2. The fourth-order valence-electron chi connectivity index (χ4n) is 2.18. The van der Waals surface area contributed by atoms with Crippen LogP contribution in [0, 0.1) is 11.3 Å². The Morgan fingerprint density at radius 1 is 1.09 bits per heavy atom. The third-order valence-electron chi connectivity index (χ3n) is 3.63. The number of benzene rings is 1. The predicted molar refractivity (Wildman–Crippen MR) is 83.1 cm³/mol. The first kappa shape index (κ1) is 18.0. The number of rotatable bonds is 7. The van der Waals surface area contributed by atoms with Crippen LogP contribution in [0.2, 0.25) is 0 Å². The maximum Gasteiger partial charge on any atom is 0.344 e. The van der Waals surface area contributed by atoms with E-state index in [1.54, 1.807) is 31.2 Å². The summed E-state index contributed by atoms with van der Waals surface area (Å²) in [6.45, 7) is 7.46.